The van der Waals surface area contributed by atoms with E-state index < -0.39 is 10.0 Å². The Hall–Kier alpha value is -1.60. The highest BCUT2D eigenvalue weighted by molar-refractivity contribution is 7.92. The van der Waals surface area contributed by atoms with Crippen molar-refractivity contribution in [2.45, 2.75) is 33.2 Å². The third kappa shape index (κ3) is 3.88. The topological polar surface area (TPSA) is 60.9 Å². The van der Waals surface area contributed by atoms with Gasteiger partial charge < -0.3 is 4.90 Å². The Morgan fingerprint density at radius 3 is 2.42 bits per heavy atom. The molecule has 0 aliphatic carbocycles. The van der Waals surface area contributed by atoms with Crippen LogP contribution in [0, 0.1) is 5.92 Å². The van der Waals surface area contributed by atoms with Crippen LogP contribution in [0.4, 0.5) is 5.69 Å². The number of hydrogen-bond donors (Lipinski definition) is 0. The molecule has 6 nitrogen and oxygen atoms in total. The molecule has 7 heteroatoms. The third-order valence-electron chi connectivity index (χ3n) is 5.12. The summed E-state index contributed by atoms with van der Waals surface area (Å²) in [6, 6.07) is 5.31. The Bertz CT molecular complexity index is 783. The first-order valence-electron chi connectivity index (χ1n) is 9.30. The number of sulfonamides is 1. The standard InChI is InChI=1S/C19H29N3O3S/c1-14(2)13-20-7-9-21(10-8-20)19(23)16-5-6-18-17(12-16)11-15(3)22(18)26(4,24)25/h5-6,12,14-15H,7-11,13H2,1-4H3. The zero-order valence-corrected chi connectivity index (χ0v) is 16.9. The van der Waals surface area contributed by atoms with Gasteiger partial charge in [-0.3, -0.25) is 14.0 Å². The molecular weight excluding hydrogens is 350 g/mol. The van der Waals surface area contributed by atoms with Gasteiger partial charge in [-0.25, -0.2) is 8.42 Å². The Labute approximate surface area is 156 Å². The summed E-state index contributed by atoms with van der Waals surface area (Å²) >= 11 is 0. The van der Waals surface area contributed by atoms with Crippen molar-refractivity contribution in [3.05, 3.63) is 29.3 Å². The molecule has 2 aliphatic heterocycles. The lowest BCUT2D eigenvalue weighted by Gasteiger charge is -2.35. The number of anilines is 1. The summed E-state index contributed by atoms with van der Waals surface area (Å²) < 4.78 is 25.5. The Morgan fingerprint density at radius 1 is 1.19 bits per heavy atom. The van der Waals surface area contributed by atoms with Crippen molar-refractivity contribution in [2.75, 3.05) is 43.3 Å². The van der Waals surface area contributed by atoms with Crippen LogP contribution in [0.25, 0.3) is 0 Å². The monoisotopic (exact) mass is 379 g/mol. The van der Waals surface area contributed by atoms with E-state index in [1.807, 2.05) is 17.9 Å². The maximum Gasteiger partial charge on any atom is 0.253 e. The average Bonchev–Trinajstić information content (AvgIpc) is 2.89. The highest BCUT2D eigenvalue weighted by Crippen LogP contribution is 2.34. The lowest BCUT2D eigenvalue weighted by molar-refractivity contribution is 0.0623. The summed E-state index contributed by atoms with van der Waals surface area (Å²) in [5, 5.41) is 0. The van der Waals surface area contributed by atoms with E-state index >= 15 is 0 Å². The van der Waals surface area contributed by atoms with Crippen LogP contribution >= 0.6 is 0 Å². The van der Waals surface area contributed by atoms with Crippen molar-refractivity contribution >= 4 is 21.6 Å². The molecule has 2 heterocycles. The molecule has 1 aromatic rings. The molecule has 1 fully saturated rings. The van der Waals surface area contributed by atoms with Crippen molar-refractivity contribution in [3.8, 4) is 0 Å². The molecule has 3 rings (SSSR count). The van der Waals surface area contributed by atoms with Crippen molar-refractivity contribution < 1.29 is 13.2 Å². The minimum absolute atomic E-state index is 0.0439. The fraction of sp³-hybridized carbons (Fsp3) is 0.632. The number of rotatable bonds is 4. The summed E-state index contributed by atoms with van der Waals surface area (Å²) in [5.41, 5.74) is 2.30. The number of piperazine rings is 1. The van der Waals surface area contributed by atoms with Crippen molar-refractivity contribution in [3.63, 3.8) is 0 Å². The van der Waals surface area contributed by atoms with E-state index in [0.29, 0.717) is 23.6 Å². The number of benzene rings is 1. The van der Waals surface area contributed by atoms with Gasteiger partial charge in [-0.05, 0) is 43.0 Å². The van der Waals surface area contributed by atoms with Crippen LogP contribution in [0.3, 0.4) is 0 Å². The molecule has 1 unspecified atom stereocenters. The van der Waals surface area contributed by atoms with Crippen LogP contribution in [0.5, 0.6) is 0 Å². The Morgan fingerprint density at radius 2 is 1.85 bits per heavy atom. The molecule has 0 N–H and O–H groups in total. The summed E-state index contributed by atoms with van der Waals surface area (Å²) in [4.78, 5) is 17.2. The van der Waals surface area contributed by atoms with Gasteiger partial charge in [-0.1, -0.05) is 13.8 Å². The smallest absolute Gasteiger partial charge is 0.253 e. The first-order valence-corrected chi connectivity index (χ1v) is 11.2. The van der Waals surface area contributed by atoms with E-state index in [2.05, 4.69) is 18.7 Å². The number of carbonyl (C=O) groups is 1. The second-order valence-electron chi connectivity index (χ2n) is 7.94. The summed E-state index contributed by atoms with van der Waals surface area (Å²) in [6.45, 7) is 10.7. The van der Waals surface area contributed by atoms with Crippen molar-refractivity contribution in [1.29, 1.82) is 0 Å². The molecule has 0 radical (unpaired) electrons. The molecule has 1 aromatic carbocycles. The maximum atomic E-state index is 12.9. The zero-order chi connectivity index (χ0) is 19.1. The molecule has 1 atom stereocenters. The molecular formula is C19H29N3O3S. The molecule has 26 heavy (non-hydrogen) atoms. The molecule has 2 aliphatic rings. The highest BCUT2D eigenvalue weighted by atomic mass is 32.2. The van der Waals surface area contributed by atoms with E-state index in [-0.39, 0.29) is 11.9 Å². The summed E-state index contributed by atoms with van der Waals surface area (Å²) in [6.07, 6.45) is 1.87. The van der Waals surface area contributed by atoms with E-state index in [1.165, 1.54) is 10.6 Å². The van der Waals surface area contributed by atoms with Gasteiger partial charge in [-0.15, -0.1) is 0 Å². The zero-order valence-electron chi connectivity index (χ0n) is 16.1. The third-order valence-corrected chi connectivity index (χ3v) is 6.39. The van der Waals surface area contributed by atoms with E-state index in [1.54, 1.807) is 12.1 Å². The normalized spacial score (nSPS) is 21.3. The lowest BCUT2D eigenvalue weighted by Crippen LogP contribution is -2.49. The predicted octanol–water partition coefficient (Wildman–Crippen LogP) is 1.81. The van der Waals surface area contributed by atoms with Gasteiger partial charge in [0.25, 0.3) is 5.91 Å². The van der Waals surface area contributed by atoms with Crippen LogP contribution < -0.4 is 4.31 Å². The number of nitrogens with zero attached hydrogens (tertiary/aromatic N) is 3. The summed E-state index contributed by atoms with van der Waals surface area (Å²) in [7, 11) is -3.30. The van der Waals surface area contributed by atoms with Gasteiger partial charge in [0.2, 0.25) is 10.0 Å². The second kappa shape index (κ2) is 7.19. The van der Waals surface area contributed by atoms with Crippen LogP contribution in [0.2, 0.25) is 0 Å². The molecule has 1 saturated heterocycles. The van der Waals surface area contributed by atoms with Gasteiger partial charge in [0, 0.05) is 44.3 Å². The minimum Gasteiger partial charge on any atom is -0.336 e. The molecule has 0 saturated carbocycles. The van der Waals surface area contributed by atoms with E-state index in [0.717, 1.165) is 38.3 Å². The number of amides is 1. The van der Waals surface area contributed by atoms with Gasteiger partial charge in [-0.2, -0.15) is 0 Å². The number of hydrogen-bond acceptors (Lipinski definition) is 4. The average molecular weight is 380 g/mol. The van der Waals surface area contributed by atoms with Crippen LogP contribution in [-0.2, 0) is 16.4 Å². The Kier molecular flexibility index (Phi) is 5.30. The molecule has 0 spiro atoms. The number of carbonyl (C=O) groups excluding carboxylic acids is 1. The van der Waals surface area contributed by atoms with Crippen LogP contribution in [0.15, 0.2) is 18.2 Å². The molecule has 0 aromatic heterocycles. The lowest BCUT2D eigenvalue weighted by atomic mass is 10.1. The van der Waals surface area contributed by atoms with Crippen molar-refractivity contribution in [1.82, 2.24) is 9.80 Å². The highest BCUT2D eigenvalue weighted by Gasteiger charge is 2.33. The molecule has 1 amide bonds. The van der Waals surface area contributed by atoms with Gasteiger partial charge in [0.05, 0.1) is 11.9 Å². The molecule has 144 valence electrons. The predicted molar refractivity (Wildman–Crippen MR) is 104 cm³/mol. The van der Waals surface area contributed by atoms with Gasteiger partial charge in [0.1, 0.15) is 0 Å². The van der Waals surface area contributed by atoms with Gasteiger partial charge in [0.15, 0.2) is 0 Å². The fourth-order valence-electron chi connectivity index (χ4n) is 4.07. The molecule has 0 bridgehead atoms. The quantitative estimate of drug-likeness (QED) is 0.801. The first-order chi connectivity index (χ1) is 12.2. The van der Waals surface area contributed by atoms with Crippen LogP contribution in [-0.4, -0.2) is 69.1 Å². The summed E-state index contributed by atoms with van der Waals surface area (Å²) in [5.74, 6) is 0.677. The first kappa shape index (κ1) is 19.2. The van der Waals surface area contributed by atoms with E-state index in [9.17, 15) is 13.2 Å². The maximum absolute atomic E-state index is 12.9. The SMILES string of the molecule is CC(C)CN1CCN(C(=O)c2ccc3c(c2)CC(C)N3S(C)(=O)=O)CC1. The van der Waals surface area contributed by atoms with E-state index in [4.69, 9.17) is 0 Å². The Balaban J connectivity index is 1.72. The number of fused-ring (bicyclic) bond motifs is 1. The minimum atomic E-state index is -3.30. The van der Waals surface area contributed by atoms with Gasteiger partial charge >= 0.3 is 0 Å². The second-order valence-corrected chi connectivity index (χ2v) is 9.80. The fourth-order valence-corrected chi connectivity index (χ4v) is 5.34. The largest absolute Gasteiger partial charge is 0.336 e. The van der Waals surface area contributed by atoms with Crippen LogP contribution in [0.1, 0.15) is 36.7 Å². The van der Waals surface area contributed by atoms with Crippen molar-refractivity contribution in [2.24, 2.45) is 5.92 Å².